The third-order valence-electron chi connectivity index (χ3n) is 5.59. The van der Waals surface area contributed by atoms with E-state index in [4.69, 9.17) is 10.5 Å². The number of nitrogens with two attached hydrogens (primary N) is 1. The Kier molecular flexibility index (Phi) is 3.00. The second-order valence-corrected chi connectivity index (χ2v) is 7.62. The highest BCUT2D eigenvalue weighted by Gasteiger charge is 2.53. The van der Waals surface area contributed by atoms with Gasteiger partial charge in [0.2, 0.25) is 0 Å². The van der Waals surface area contributed by atoms with Crippen molar-refractivity contribution in [2.45, 2.75) is 64.2 Å². The van der Waals surface area contributed by atoms with Crippen molar-refractivity contribution in [3.63, 3.8) is 0 Å². The van der Waals surface area contributed by atoms with Crippen LogP contribution in [-0.4, -0.2) is 42.3 Å². The quantitative estimate of drug-likeness (QED) is 0.817. The summed E-state index contributed by atoms with van der Waals surface area (Å²) in [5, 5.41) is 0. The second kappa shape index (κ2) is 4.19. The predicted molar refractivity (Wildman–Crippen MR) is 73.4 cm³/mol. The van der Waals surface area contributed by atoms with Crippen LogP contribution >= 0.6 is 0 Å². The lowest BCUT2D eigenvalue weighted by molar-refractivity contribution is -0.0859. The van der Waals surface area contributed by atoms with Gasteiger partial charge in [-0.25, -0.2) is 0 Å². The molecule has 0 spiro atoms. The minimum Gasteiger partial charge on any atom is -0.372 e. The van der Waals surface area contributed by atoms with Gasteiger partial charge in [0.1, 0.15) is 0 Å². The summed E-state index contributed by atoms with van der Waals surface area (Å²) < 4.78 is 5.98. The maximum Gasteiger partial charge on any atom is 0.0707 e. The Balaban J connectivity index is 1.83. The highest BCUT2D eigenvalue weighted by atomic mass is 16.5. The third kappa shape index (κ3) is 1.91. The number of fused-ring (bicyclic) bond motifs is 2. The zero-order valence-corrected chi connectivity index (χ0v) is 12.1. The number of nitrogens with zero attached hydrogens (tertiary/aromatic N) is 1. The lowest BCUT2D eigenvalue weighted by atomic mass is 9.84. The first-order chi connectivity index (χ1) is 8.45. The molecule has 1 aliphatic carbocycles. The molecule has 2 aliphatic heterocycles. The number of ether oxygens (including phenoxy) is 1. The fraction of sp³-hybridized carbons (Fsp3) is 1.00. The summed E-state index contributed by atoms with van der Waals surface area (Å²) in [4.78, 5) is 2.69. The van der Waals surface area contributed by atoms with E-state index in [1.807, 2.05) is 0 Å². The summed E-state index contributed by atoms with van der Waals surface area (Å²) in [6, 6.07) is 0. The lowest BCUT2D eigenvalue weighted by Gasteiger charge is -2.48. The van der Waals surface area contributed by atoms with Crippen LogP contribution in [0.5, 0.6) is 0 Å². The van der Waals surface area contributed by atoms with E-state index in [1.54, 1.807) is 0 Å². The molecule has 4 unspecified atom stereocenters. The molecule has 2 bridgehead atoms. The average molecular weight is 252 g/mol. The Morgan fingerprint density at radius 1 is 1.22 bits per heavy atom. The van der Waals surface area contributed by atoms with Gasteiger partial charge in [0.15, 0.2) is 0 Å². The first-order valence-corrected chi connectivity index (χ1v) is 7.56. The average Bonchev–Trinajstić information content (AvgIpc) is 2.76. The van der Waals surface area contributed by atoms with Gasteiger partial charge in [0, 0.05) is 25.2 Å². The Morgan fingerprint density at radius 3 is 2.28 bits per heavy atom. The van der Waals surface area contributed by atoms with E-state index in [2.05, 4.69) is 25.7 Å². The maximum atomic E-state index is 6.24. The van der Waals surface area contributed by atoms with Crippen molar-refractivity contribution in [1.82, 2.24) is 4.90 Å². The SMILES string of the molecule is CC1CC(C)(C)CC1(CN)N1CC2CCC(C1)O2. The smallest absolute Gasteiger partial charge is 0.0707 e. The fourth-order valence-electron chi connectivity index (χ4n) is 4.90. The van der Waals surface area contributed by atoms with Crippen molar-refractivity contribution in [2.75, 3.05) is 19.6 Å². The summed E-state index contributed by atoms with van der Waals surface area (Å²) in [6.45, 7) is 10.2. The van der Waals surface area contributed by atoms with Gasteiger partial charge in [-0.2, -0.15) is 0 Å². The van der Waals surface area contributed by atoms with Crippen LogP contribution in [0.15, 0.2) is 0 Å². The highest BCUT2D eigenvalue weighted by Crippen LogP contribution is 2.51. The van der Waals surface area contributed by atoms with E-state index in [0.717, 1.165) is 19.6 Å². The van der Waals surface area contributed by atoms with Gasteiger partial charge < -0.3 is 10.5 Å². The van der Waals surface area contributed by atoms with Crippen molar-refractivity contribution >= 4 is 0 Å². The van der Waals surface area contributed by atoms with Gasteiger partial charge in [-0.3, -0.25) is 4.90 Å². The molecule has 3 aliphatic rings. The van der Waals surface area contributed by atoms with Crippen LogP contribution in [0.3, 0.4) is 0 Å². The van der Waals surface area contributed by atoms with Crippen molar-refractivity contribution in [3.05, 3.63) is 0 Å². The third-order valence-corrected chi connectivity index (χ3v) is 5.59. The molecule has 3 rings (SSSR count). The van der Waals surface area contributed by atoms with Gasteiger partial charge in [0.05, 0.1) is 12.2 Å². The Bertz CT molecular complexity index is 318. The lowest BCUT2D eigenvalue weighted by Crippen LogP contribution is -2.61. The van der Waals surface area contributed by atoms with Crippen LogP contribution < -0.4 is 5.73 Å². The van der Waals surface area contributed by atoms with Gasteiger partial charge in [-0.1, -0.05) is 20.8 Å². The van der Waals surface area contributed by atoms with Crippen molar-refractivity contribution in [1.29, 1.82) is 0 Å². The van der Waals surface area contributed by atoms with E-state index in [9.17, 15) is 0 Å². The zero-order chi connectivity index (χ0) is 13.0. The van der Waals surface area contributed by atoms with Crippen LogP contribution in [-0.2, 0) is 4.74 Å². The molecule has 2 saturated heterocycles. The first kappa shape index (κ1) is 12.9. The van der Waals surface area contributed by atoms with Crippen LogP contribution in [0.4, 0.5) is 0 Å². The number of rotatable bonds is 2. The predicted octanol–water partition coefficient (Wildman–Crippen LogP) is 2.00. The molecule has 3 heteroatoms. The molecule has 0 aromatic carbocycles. The Morgan fingerprint density at radius 2 is 1.83 bits per heavy atom. The normalized spacial score (nSPS) is 47.7. The zero-order valence-electron chi connectivity index (χ0n) is 12.1. The van der Waals surface area contributed by atoms with Crippen LogP contribution in [0.1, 0.15) is 46.5 Å². The van der Waals surface area contributed by atoms with Gasteiger partial charge in [0.25, 0.3) is 0 Å². The molecule has 18 heavy (non-hydrogen) atoms. The van der Waals surface area contributed by atoms with Crippen LogP contribution in [0.2, 0.25) is 0 Å². The van der Waals surface area contributed by atoms with Gasteiger partial charge in [-0.05, 0) is 37.0 Å². The second-order valence-electron chi connectivity index (χ2n) is 7.62. The van der Waals surface area contributed by atoms with Gasteiger partial charge >= 0.3 is 0 Å². The molecular formula is C15H28N2O. The fourth-order valence-corrected chi connectivity index (χ4v) is 4.90. The molecule has 104 valence electrons. The summed E-state index contributed by atoms with van der Waals surface area (Å²) in [6.07, 6.45) is 6.00. The van der Waals surface area contributed by atoms with Crippen molar-refractivity contribution < 1.29 is 4.74 Å². The number of hydrogen-bond acceptors (Lipinski definition) is 3. The minimum absolute atomic E-state index is 0.230. The van der Waals surface area contributed by atoms with Crippen LogP contribution in [0.25, 0.3) is 0 Å². The van der Waals surface area contributed by atoms with Crippen molar-refractivity contribution in [2.24, 2.45) is 17.1 Å². The molecule has 3 nitrogen and oxygen atoms in total. The monoisotopic (exact) mass is 252 g/mol. The summed E-state index contributed by atoms with van der Waals surface area (Å²) >= 11 is 0. The molecular weight excluding hydrogens is 224 g/mol. The Hall–Kier alpha value is -0.120. The van der Waals surface area contributed by atoms with Gasteiger partial charge in [-0.15, -0.1) is 0 Å². The summed E-state index contributed by atoms with van der Waals surface area (Å²) in [5.41, 5.74) is 6.91. The molecule has 4 atom stereocenters. The largest absolute Gasteiger partial charge is 0.372 e. The number of likely N-dealkylation sites (tertiary alicyclic amines) is 1. The van der Waals surface area contributed by atoms with Crippen molar-refractivity contribution in [3.8, 4) is 0 Å². The number of morpholine rings is 1. The molecule has 3 fully saturated rings. The minimum atomic E-state index is 0.230. The molecule has 2 heterocycles. The molecule has 0 aromatic rings. The topological polar surface area (TPSA) is 38.5 Å². The molecule has 0 aromatic heterocycles. The van der Waals surface area contributed by atoms with Crippen LogP contribution in [0, 0.1) is 11.3 Å². The highest BCUT2D eigenvalue weighted by molar-refractivity contribution is 5.08. The molecule has 2 N–H and O–H groups in total. The van der Waals surface area contributed by atoms with E-state index in [0.29, 0.717) is 23.5 Å². The van der Waals surface area contributed by atoms with E-state index < -0.39 is 0 Å². The molecule has 1 saturated carbocycles. The van der Waals surface area contributed by atoms with E-state index in [1.165, 1.54) is 25.7 Å². The standard InChI is InChI=1S/C15H28N2O/c1-11-6-14(2,3)9-15(11,10-16)17-7-12-4-5-13(8-17)18-12/h11-13H,4-10,16H2,1-3H3. The molecule has 0 radical (unpaired) electrons. The summed E-state index contributed by atoms with van der Waals surface area (Å²) in [7, 11) is 0. The first-order valence-electron chi connectivity index (χ1n) is 7.56. The Labute approximate surface area is 111 Å². The molecule has 0 amide bonds. The summed E-state index contributed by atoms with van der Waals surface area (Å²) in [5.74, 6) is 0.704. The van der Waals surface area contributed by atoms with E-state index >= 15 is 0 Å². The van der Waals surface area contributed by atoms with E-state index in [-0.39, 0.29) is 5.54 Å². The number of hydrogen-bond donors (Lipinski definition) is 1. The maximum absolute atomic E-state index is 6.24.